The predicted molar refractivity (Wildman–Crippen MR) is 142 cm³/mol. The van der Waals surface area contributed by atoms with E-state index in [1.165, 1.54) is 6.20 Å². The van der Waals surface area contributed by atoms with Crippen LogP contribution in [0.1, 0.15) is 29.3 Å². The maximum atomic E-state index is 15.4. The van der Waals surface area contributed by atoms with E-state index in [0.717, 1.165) is 30.7 Å². The van der Waals surface area contributed by atoms with Gasteiger partial charge in [0.15, 0.2) is 0 Å². The van der Waals surface area contributed by atoms with Gasteiger partial charge >= 0.3 is 0 Å². The van der Waals surface area contributed by atoms with Gasteiger partial charge in [-0.3, -0.25) is 9.78 Å². The van der Waals surface area contributed by atoms with Crippen molar-refractivity contribution >= 4 is 53.7 Å². The highest BCUT2D eigenvalue weighted by Crippen LogP contribution is 2.34. The topological polar surface area (TPSA) is 71.2 Å². The molecule has 2 heterocycles. The molecule has 1 aromatic heterocycles. The highest BCUT2D eigenvalue weighted by atomic mass is 35.5. The van der Waals surface area contributed by atoms with E-state index >= 15 is 4.39 Å². The summed E-state index contributed by atoms with van der Waals surface area (Å²) in [5, 5.41) is 2.59. The van der Waals surface area contributed by atoms with Gasteiger partial charge in [0, 0.05) is 31.2 Å². The quantitative estimate of drug-likeness (QED) is 0.274. The molecule has 4 rings (SSSR count). The van der Waals surface area contributed by atoms with Crippen molar-refractivity contribution in [2.45, 2.75) is 25.3 Å². The first-order chi connectivity index (χ1) is 16.7. The molecule has 0 unspecified atom stereocenters. The van der Waals surface area contributed by atoms with Crippen LogP contribution in [0.15, 0.2) is 42.7 Å². The number of halogens is 7. The first kappa shape index (κ1) is 30.6. The van der Waals surface area contributed by atoms with Gasteiger partial charge in [-0.1, -0.05) is 6.92 Å². The Morgan fingerprint density at radius 1 is 1.08 bits per heavy atom. The van der Waals surface area contributed by atoms with Gasteiger partial charge in [0.2, 0.25) is 0 Å². The lowest BCUT2D eigenvalue weighted by molar-refractivity contribution is 0.102. The largest absolute Gasteiger partial charge is 0.368 e. The van der Waals surface area contributed by atoms with Crippen molar-refractivity contribution in [2.75, 3.05) is 23.3 Å². The molecule has 1 amide bonds. The Morgan fingerprint density at radius 3 is 2.38 bits per heavy atom. The molecule has 2 atom stereocenters. The van der Waals surface area contributed by atoms with Crippen molar-refractivity contribution in [1.82, 2.24) is 4.98 Å². The molecule has 3 N–H and O–H groups in total. The monoisotopic (exact) mass is 578 g/mol. The Kier molecular flexibility index (Phi) is 10.6. The molecule has 0 spiro atoms. The van der Waals surface area contributed by atoms with Crippen molar-refractivity contribution in [3.05, 3.63) is 77.1 Å². The number of hydrogen-bond donors (Lipinski definition) is 2. The maximum Gasteiger partial charge on any atom is 0.258 e. The lowest BCUT2D eigenvalue weighted by Gasteiger charge is -2.37. The number of anilines is 2. The molecule has 0 radical (unpaired) electrons. The number of alkyl halides is 1. The number of carbonyl (C=O) groups excluding carboxylic acids is 1. The molecule has 1 saturated heterocycles. The van der Waals surface area contributed by atoms with Crippen LogP contribution >= 0.6 is 36.4 Å². The average molecular weight is 580 g/mol. The third-order valence-corrected chi connectivity index (χ3v) is 6.23. The summed E-state index contributed by atoms with van der Waals surface area (Å²) < 4.78 is 59.1. The number of rotatable bonds is 5. The summed E-state index contributed by atoms with van der Waals surface area (Å²) in [5.74, 6) is -5.78. The summed E-state index contributed by atoms with van der Waals surface area (Å²) in [6.45, 7) is 3.33. The summed E-state index contributed by atoms with van der Waals surface area (Å²) >= 11 is 5.61. The number of carbonyl (C=O) groups is 1. The van der Waals surface area contributed by atoms with Crippen LogP contribution in [-0.4, -0.2) is 30.0 Å². The normalized spacial score (nSPS) is 17.0. The molecule has 1 aliphatic rings. The zero-order chi connectivity index (χ0) is 25.3. The van der Waals surface area contributed by atoms with Crippen molar-refractivity contribution in [2.24, 2.45) is 11.7 Å². The number of piperidine rings is 1. The van der Waals surface area contributed by atoms with Crippen molar-refractivity contribution in [3.63, 3.8) is 0 Å². The first-order valence-corrected chi connectivity index (χ1v) is 11.5. The number of hydrogen-bond acceptors (Lipinski definition) is 4. The molecular formula is C25H25Cl3F4N4O. The van der Waals surface area contributed by atoms with Gasteiger partial charge in [-0.2, -0.15) is 0 Å². The lowest BCUT2D eigenvalue weighted by atomic mass is 9.96. The van der Waals surface area contributed by atoms with Crippen LogP contribution in [0.3, 0.4) is 0 Å². The number of pyridine rings is 1. The third kappa shape index (κ3) is 6.46. The molecule has 200 valence electrons. The van der Waals surface area contributed by atoms with Crippen LogP contribution in [0.4, 0.5) is 28.9 Å². The van der Waals surface area contributed by atoms with Crippen molar-refractivity contribution < 1.29 is 22.4 Å². The summed E-state index contributed by atoms with van der Waals surface area (Å²) in [7, 11) is 0. The van der Waals surface area contributed by atoms with Gasteiger partial charge in [0.1, 0.15) is 23.3 Å². The molecule has 1 fully saturated rings. The van der Waals surface area contributed by atoms with Gasteiger partial charge in [0.05, 0.1) is 34.3 Å². The SMILES string of the molecule is C[C@@H]1C[C@H](N)CN(c2ccncc2NC(=O)c2ccc(F)c(-c3c(F)cc(CCl)cc3F)c2F)C1.Cl.Cl. The van der Waals surface area contributed by atoms with Crippen LogP contribution in [-0.2, 0) is 5.88 Å². The summed E-state index contributed by atoms with van der Waals surface area (Å²) in [6, 6.07) is 5.14. The number of amides is 1. The van der Waals surface area contributed by atoms with E-state index in [1.54, 1.807) is 12.3 Å². The second-order valence-corrected chi connectivity index (χ2v) is 8.97. The first-order valence-electron chi connectivity index (χ1n) is 11.0. The zero-order valence-corrected chi connectivity index (χ0v) is 22.0. The maximum absolute atomic E-state index is 15.4. The minimum Gasteiger partial charge on any atom is -0.368 e. The van der Waals surface area contributed by atoms with Crippen LogP contribution in [0.5, 0.6) is 0 Å². The van der Waals surface area contributed by atoms with Gasteiger partial charge < -0.3 is 16.0 Å². The van der Waals surface area contributed by atoms with Crippen LogP contribution in [0, 0.1) is 29.2 Å². The molecule has 37 heavy (non-hydrogen) atoms. The van der Waals surface area contributed by atoms with Gasteiger partial charge in [0.25, 0.3) is 5.91 Å². The Morgan fingerprint density at radius 2 is 1.76 bits per heavy atom. The Balaban J connectivity index is 0.00000241. The average Bonchev–Trinajstić information content (AvgIpc) is 2.80. The van der Waals surface area contributed by atoms with Crippen LogP contribution < -0.4 is 16.0 Å². The minimum atomic E-state index is -1.39. The van der Waals surface area contributed by atoms with E-state index in [4.69, 9.17) is 17.3 Å². The second-order valence-electron chi connectivity index (χ2n) is 8.70. The molecule has 0 aliphatic carbocycles. The summed E-state index contributed by atoms with van der Waals surface area (Å²) in [4.78, 5) is 19.0. The molecule has 5 nitrogen and oxygen atoms in total. The van der Waals surface area contributed by atoms with E-state index in [1.807, 2.05) is 4.90 Å². The molecule has 1 aliphatic heterocycles. The van der Waals surface area contributed by atoms with E-state index in [9.17, 15) is 18.0 Å². The standard InChI is InChI=1S/C25H23ClF4N4O.2ClH/c1-13-6-15(31)12-34(11-13)21-4-5-32-10-20(21)33-25(35)16-2-3-17(27)23(24(16)30)22-18(28)7-14(9-26)8-19(22)29;;/h2-5,7-8,10,13,15H,6,9,11-12,31H2,1H3,(H,33,35);2*1H/t13-,15+;;/m1../s1. The number of nitrogens with one attached hydrogen (secondary N) is 1. The Hall–Kier alpha value is -2.59. The van der Waals surface area contributed by atoms with E-state index in [2.05, 4.69) is 17.2 Å². The summed E-state index contributed by atoms with van der Waals surface area (Å²) in [6.07, 6.45) is 3.83. The van der Waals surface area contributed by atoms with E-state index in [-0.39, 0.29) is 42.3 Å². The summed E-state index contributed by atoms with van der Waals surface area (Å²) in [5.41, 5.74) is 4.72. The number of benzene rings is 2. The number of nitrogens with two attached hydrogens (primary N) is 1. The van der Waals surface area contributed by atoms with Crippen LogP contribution in [0.25, 0.3) is 11.1 Å². The minimum absolute atomic E-state index is 0. The molecule has 12 heteroatoms. The van der Waals surface area contributed by atoms with Gasteiger partial charge in [-0.05, 0) is 48.2 Å². The van der Waals surface area contributed by atoms with Gasteiger partial charge in [-0.25, -0.2) is 17.6 Å². The van der Waals surface area contributed by atoms with Crippen molar-refractivity contribution in [1.29, 1.82) is 0 Å². The van der Waals surface area contributed by atoms with E-state index < -0.39 is 45.9 Å². The fraction of sp³-hybridized carbons (Fsp3) is 0.280. The zero-order valence-electron chi connectivity index (χ0n) is 19.6. The number of aromatic nitrogens is 1. The lowest BCUT2D eigenvalue weighted by Crippen LogP contribution is -2.46. The molecular weight excluding hydrogens is 555 g/mol. The van der Waals surface area contributed by atoms with Crippen molar-refractivity contribution in [3.8, 4) is 11.1 Å². The molecule has 0 bridgehead atoms. The highest BCUT2D eigenvalue weighted by Gasteiger charge is 2.27. The van der Waals surface area contributed by atoms with Gasteiger partial charge in [-0.15, -0.1) is 36.4 Å². The molecule has 0 saturated carbocycles. The third-order valence-electron chi connectivity index (χ3n) is 5.92. The van der Waals surface area contributed by atoms with E-state index in [0.29, 0.717) is 30.4 Å². The molecule has 2 aromatic carbocycles. The fourth-order valence-electron chi connectivity index (χ4n) is 4.44. The fourth-order valence-corrected chi connectivity index (χ4v) is 4.60. The Bertz CT molecular complexity index is 1250. The Labute approximate surface area is 229 Å². The number of nitrogens with zero attached hydrogens (tertiary/aromatic N) is 2. The smallest absolute Gasteiger partial charge is 0.258 e. The second kappa shape index (κ2) is 12.8. The predicted octanol–water partition coefficient (Wildman–Crippen LogP) is 6.31. The highest BCUT2D eigenvalue weighted by molar-refractivity contribution is 6.17. The molecule has 3 aromatic rings. The van der Waals surface area contributed by atoms with Crippen LogP contribution in [0.2, 0.25) is 0 Å².